The maximum atomic E-state index is 7.51. The summed E-state index contributed by atoms with van der Waals surface area (Å²) in [6.45, 7) is 0. The first-order chi connectivity index (χ1) is 11.0. The van der Waals surface area contributed by atoms with Crippen LogP contribution in [0.15, 0.2) is 65.1 Å². The molecule has 3 rings (SSSR count). The third-order valence-electron chi connectivity index (χ3n) is 3.52. The second kappa shape index (κ2) is 11.5. The van der Waals surface area contributed by atoms with Gasteiger partial charge >= 0.3 is 0 Å². The van der Waals surface area contributed by atoms with E-state index in [4.69, 9.17) is 26.7 Å². The number of nitrogens with two attached hydrogens (primary N) is 2. The van der Waals surface area contributed by atoms with Crippen molar-refractivity contribution in [2.45, 2.75) is 0 Å². The summed E-state index contributed by atoms with van der Waals surface area (Å²) in [5.41, 5.74) is 14.1. The van der Waals surface area contributed by atoms with Crippen LogP contribution >= 0.6 is 49.6 Å². The molecule has 1 aromatic heterocycles. The number of halogens is 4. The lowest BCUT2D eigenvalue weighted by atomic mass is 10.1. The van der Waals surface area contributed by atoms with E-state index in [1.165, 1.54) is 0 Å². The summed E-state index contributed by atoms with van der Waals surface area (Å²) >= 11 is 0. The van der Waals surface area contributed by atoms with E-state index in [1.807, 2.05) is 48.5 Å². The summed E-state index contributed by atoms with van der Waals surface area (Å²) in [4.78, 5) is 0. The van der Waals surface area contributed by atoms with Crippen molar-refractivity contribution >= 4 is 61.3 Å². The Morgan fingerprint density at radius 3 is 1.33 bits per heavy atom. The highest BCUT2D eigenvalue weighted by Gasteiger charge is 2.09. The molecule has 2 aromatic carbocycles. The van der Waals surface area contributed by atoms with Crippen molar-refractivity contribution in [3.05, 3.63) is 71.8 Å². The molecular formula is C18H20Cl4N4O. The summed E-state index contributed by atoms with van der Waals surface area (Å²) in [5.74, 6) is 1.42. The lowest BCUT2D eigenvalue weighted by molar-refractivity contribution is 0.597. The molecule has 0 aliphatic heterocycles. The van der Waals surface area contributed by atoms with Gasteiger partial charge in [0.15, 0.2) is 0 Å². The van der Waals surface area contributed by atoms with Gasteiger partial charge in [0.25, 0.3) is 0 Å². The van der Waals surface area contributed by atoms with Crippen LogP contribution in [-0.4, -0.2) is 11.7 Å². The van der Waals surface area contributed by atoms with Crippen LogP contribution in [0.5, 0.6) is 0 Å². The molecule has 3 aromatic rings. The van der Waals surface area contributed by atoms with Crippen molar-refractivity contribution in [3.8, 4) is 22.6 Å². The van der Waals surface area contributed by atoms with Crippen LogP contribution in [0.4, 0.5) is 0 Å². The Hall–Kier alpha value is -2.18. The number of benzene rings is 2. The molecule has 146 valence electrons. The highest BCUT2D eigenvalue weighted by molar-refractivity contribution is 5.96. The molecule has 0 unspecified atom stereocenters. The average Bonchev–Trinajstić information content (AvgIpc) is 3.05. The van der Waals surface area contributed by atoms with Gasteiger partial charge in [0.1, 0.15) is 23.2 Å². The Labute approximate surface area is 182 Å². The predicted molar refractivity (Wildman–Crippen MR) is 121 cm³/mol. The first kappa shape index (κ1) is 27.0. The van der Waals surface area contributed by atoms with Crippen molar-refractivity contribution in [2.75, 3.05) is 0 Å². The van der Waals surface area contributed by atoms with Gasteiger partial charge in [-0.15, -0.1) is 49.6 Å². The Balaban J connectivity index is 0. The minimum atomic E-state index is 0. The molecule has 0 bridgehead atoms. The van der Waals surface area contributed by atoms with Crippen LogP contribution in [0, 0.1) is 10.8 Å². The summed E-state index contributed by atoms with van der Waals surface area (Å²) in [6, 6.07) is 18.4. The maximum absolute atomic E-state index is 7.51. The smallest absolute Gasteiger partial charge is 0.134 e. The van der Waals surface area contributed by atoms with Crippen LogP contribution in [0.1, 0.15) is 11.1 Å². The summed E-state index contributed by atoms with van der Waals surface area (Å²) in [7, 11) is 0. The van der Waals surface area contributed by atoms with Gasteiger partial charge < -0.3 is 15.9 Å². The Bertz CT molecular complexity index is 840. The second-order valence-electron chi connectivity index (χ2n) is 5.15. The van der Waals surface area contributed by atoms with E-state index in [2.05, 4.69) is 0 Å². The molecular weight excluding hydrogens is 430 g/mol. The van der Waals surface area contributed by atoms with E-state index in [9.17, 15) is 0 Å². The summed E-state index contributed by atoms with van der Waals surface area (Å²) < 4.78 is 5.90. The van der Waals surface area contributed by atoms with Gasteiger partial charge in [-0.2, -0.15) is 0 Å². The fourth-order valence-corrected chi connectivity index (χ4v) is 2.33. The Kier molecular flexibility index (Phi) is 11.5. The normalized spacial score (nSPS) is 8.89. The van der Waals surface area contributed by atoms with Crippen LogP contribution < -0.4 is 11.5 Å². The zero-order valence-corrected chi connectivity index (χ0v) is 17.2. The standard InChI is InChI=1S/C18H16N4O.4ClH/c19-17(20)13-5-1-3-11(9-13)15-7-8-16(23-15)12-4-2-6-14(10-12)18(21)22;;;;/h1-10H,(H3,19,20)(H3,21,22);4*1H. The molecule has 0 saturated heterocycles. The van der Waals surface area contributed by atoms with E-state index < -0.39 is 0 Å². The number of hydrogen-bond acceptors (Lipinski definition) is 3. The molecule has 5 nitrogen and oxygen atoms in total. The number of nitrogen functional groups attached to an aromatic ring is 2. The number of furan rings is 1. The molecule has 0 spiro atoms. The summed E-state index contributed by atoms with van der Waals surface area (Å²) in [5, 5.41) is 15.0. The van der Waals surface area contributed by atoms with Crippen molar-refractivity contribution in [2.24, 2.45) is 11.5 Å². The first-order valence-electron chi connectivity index (χ1n) is 7.04. The minimum absolute atomic E-state index is 0. The fraction of sp³-hybridized carbons (Fsp3) is 0. The van der Waals surface area contributed by atoms with Crippen LogP contribution in [0.2, 0.25) is 0 Å². The van der Waals surface area contributed by atoms with Crippen molar-refractivity contribution in [3.63, 3.8) is 0 Å². The molecule has 0 saturated carbocycles. The molecule has 9 heteroatoms. The van der Waals surface area contributed by atoms with E-state index in [0.717, 1.165) is 11.1 Å². The zero-order valence-electron chi connectivity index (χ0n) is 14.0. The maximum Gasteiger partial charge on any atom is 0.134 e. The first-order valence-corrected chi connectivity index (χ1v) is 7.04. The second-order valence-corrected chi connectivity index (χ2v) is 5.15. The topological polar surface area (TPSA) is 113 Å². The van der Waals surface area contributed by atoms with Crippen molar-refractivity contribution < 1.29 is 4.42 Å². The molecule has 0 aliphatic carbocycles. The molecule has 0 fully saturated rings. The van der Waals surface area contributed by atoms with Crippen LogP contribution in [0.25, 0.3) is 22.6 Å². The van der Waals surface area contributed by atoms with E-state index in [1.54, 1.807) is 12.1 Å². The largest absolute Gasteiger partial charge is 0.456 e. The van der Waals surface area contributed by atoms with Gasteiger partial charge in [-0.3, -0.25) is 10.8 Å². The lowest BCUT2D eigenvalue weighted by Gasteiger charge is -2.03. The molecule has 0 aliphatic rings. The Morgan fingerprint density at radius 2 is 1.00 bits per heavy atom. The van der Waals surface area contributed by atoms with Crippen molar-refractivity contribution in [1.82, 2.24) is 0 Å². The average molecular weight is 450 g/mol. The third kappa shape index (κ3) is 6.19. The van der Waals surface area contributed by atoms with Gasteiger partial charge in [-0.1, -0.05) is 36.4 Å². The molecule has 1 heterocycles. The third-order valence-corrected chi connectivity index (χ3v) is 3.52. The number of nitrogens with one attached hydrogen (secondary N) is 2. The van der Waals surface area contributed by atoms with Crippen LogP contribution in [-0.2, 0) is 0 Å². The van der Waals surface area contributed by atoms with Gasteiger partial charge in [0, 0.05) is 22.3 Å². The van der Waals surface area contributed by atoms with Gasteiger partial charge in [-0.05, 0) is 24.3 Å². The van der Waals surface area contributed by atoms with Crippen LogP contribution in [0.3, 0.4) is 0 Å². The summed E-state index contributed by atoms with van der Waals surface area (Å²) in [6.07, 6.45) is 0. The predicted octanol–water partition coefficient (Wildman–Crippen LogP) is 4.87. The van der Waals surface area contributed by atoms with Crippen molar-refractivity contribution in [1.29, 1.82) is 10.8 Å². The number of hydrogen-bond donors (Lipinski definition) is 4. The van der Waals surface area contributed by atoms with E-state index in [-0.39, 0.29) is 61.3 Å². The molecule has 0 amide bonds. The lowest BCUT2D eigenvalue weighted by Crippen LogP contribution is -2.10. The molecule has 0 atom stereocenters. The Morgan fingerprint density at radius 1 is 0.630 bits per heavy atom. The highest BCUT2D eigenvalue weighted by atomic mass is 35.5. The van der Waals surface area contributed by atoms with E-state index in [0.29, 0.717) is 22.6 Å². The highest BCUT2D eigenvalue weighted by Crippen LogP contribution is 2.29. The van der Waals surface area contributed by atoms with Gasteiger partial charge in [0.2, 0.25) is 0 Å². The van der Waals surface area contributed by atoms with E-state index >= 15 is 0 Å². The number of rotatable bonds is 4. The molecule has 27 heavy (non-hydrogen) atoms. The zero-order chi connectivity index (χ0) is 16.4. The SMILES string of the molecule is Cl.Cl.Cl.Cl.N=C(N)c1cccc(-c2ccc(-c3cccc(C(=N)N)c3)o2)c1. The van der Waals surface area contributed by atoms with Gasteiger partial charge in [-0.25, -0.2) is 0 Å². The quantitative estimate of drug-likeness (QED) is 0.336. The minimum Gasteiger partial charge on any atom is -0.456 e. The van der Waals surface area contributed by atoms with Gasteiger partial charge in [0.05, 0.1) is 0 Å². The molecule has 0 radical (unpaired) electrons. The molecule has 6 N–H and O–H groups in total. The number of amidine groups is 2. The fourth-order valence-electron chi connectivity index (χ4n) is 2.33. The monoisotopic (exact) mass is 448 g/mol.